The van der Waals surface area contributed by atoms with Gasteiger partial charge in [-0.25, -0.2) is 0 Å². The molecule has 8 nitrogen and oxygen atoms in total. The van der Waals surface area contributed by atoms with Crippen LogP contribution in [0.4, 0.5) is 0 Å². The van der Waals surface area contributed by atoms with E-state index in [0.717, 1.165) is 43.4 Å². The molecule has 1 amide bonds. The van der Waals surface area contributed by atoms with Crippen LogP contribution in [-0.2, 0) is 4.79 Å². The number of carbonyl (C=O) groups excluding carboxylic acids is 1. The molecule has 9 heteroatoms. The van der Waals surface area contributed by atoms with Gasteiger partial charge in [-0.3, -0.25) is 4.79 Å². The molecule has 0 saturated carbocycles. The summed E-state index contributed by atoms with van der Waals surface area (Å²) < 4.78 is 26.6. The SMILES string of the molecule is COc1ccc(/C=C/C=C/[N-]CCCCCCNC(=O)/C=C/C=C/c2cc(OC)c(OC)c(OC)c2)cc1OC.[K+]. The van der Waals surface area contributed by atoms with E-state index in [9.17, 15) is 4.79 Å². The number of allylic oxidation sites excluding steroid dienone is 4. The van der Waals surface area contributed by atoms with Crippen LogP contribution in [0.1, 0.15) is 36.8 Å². The molecule has 0 aliphatic heterocycles. The average Bonchev–Trinajstić information content (AvgIpc) is 2.98. The van der Waals surface area contributed by atoms with Crippen LogP contribution in [0.3, 0.4) is 0 Å². The van der Waals surface area contributed by atoms with E-state index in [4.69, 9.17) is 23.7 Å². The van der Waals surface area contributed by atoms with E-state index in [0.29, 0.717) is 35.3 Å². The van der Waals surface area contributed by atoms with Crippen LogP contribution < -0.4 is 80.4 Å². The Balaban J connectivity index is 0.00000840. The largest absolute Gasteiger partial charge is 1.00 e. The first-order valence-electron chi connectivity index (χ1n) is 13.2. The second-order valence-corrected chi connectivity index (χ2v) is 8.60. The number of unbranched alkanes of at least 4 members (excludes halogenated alkanes) is 3. The van der Waals surface area contributed by atoms with Crippen molar-refractivity contribution >= 4 is 18.1 Å². The van der Waals surface area contributed by atoms with Gasteiger partial charge in [0.1, 0.15) is 0 Å². The number of amides is 1. The Morgan fingerprint density at radius 3 is 1.98 bits per heavy atom. The average molecular weight is 589 g/mol. The quantitative estimate of drug-likeness (QED) is 0.124. The van der Waals surface area contributed by atoms with Crippen molar-refractivity contribution in [2.45, 2.75) is 25.7 Å². The summed E-state index contributed by atoms with van der Waals surface area (Å²) >= 11 is 0. The monoisotopic (exact) mass is 588 g/mol. The van der Waals surface area contributed by atoms with Gasteiger partial charge < -0.3 is 34.3 Å². The van der Waals surface area contributed by atoms with Crippen LogP contribution in [0.25, 0.3) is 17.5 Å². The number of hydrogen-bond acceptors (Lipinski definition) is 6. The van der Waals surface area contributed by atoms with Crippen LogP contribution >= 0.6 is 0 Å². The van der Waals surface area contributed by atoms with Gasteiger partial charge in [-0.05, 0) is 41.8 Å². The molecule has 2 rings (SSSR count). The van der Waals surface area contributed by atoms with Crippen LogP contribution in [0.2, 0.25) is 0 Å². The van der Waals surface area contributed by atoms with Crippen molar-refractivity contribution in [3.8, 4) is 28.7 Å². The van der Waals surface area contributed by atoms with Gasteiger partial charge in [-0.2, -0.15) is 6.20 Å². The van der Waals surface area contributed by atoms with E-state index in [-0.39, 0.29) is 57.3 Å². The predicted octanol–water partition coefficient (Wildman–Crippen LogP) is 3.58. The number of nitrogens with zero attached hydrogens (tertiary/aromatic N) is 1. The Hall–Kier alpha value is -2.69. The standard InChI is InChI=1S/C32H41N2O6.K/c1-36-27-18-17-25(22-28(27)37-2)14-10-13-20-33-19-11-6-7-12-21-34-31(35)16-9-8-15-26-23-29(38-3)32(40-5)30(24-26)39-4;/h8-10,13-18,20,22-24H,6-7,11-12,19,21H2,1-5H3,(H,34,35);/q-1;+1/b14-10+,15-8+,16-9+,20-13+;. The maximum atomic E-state index is 12.0. The summed E-state index contributed by atoms with van der Waals surface area (Å²) in [6.45, 7) is 1.44. The molecule has 0 bridgehead atoms. The molecule has 0 saturated heterocycles. The number of benzene rings is 2. The number of carbonyl (C=O) groups is 1. The molecule has 0 aliphatic rings. The molecule has 0 heterocycles. The van der Waals surface area contributed by atoms with E-state index in [2.05, 4.69) is 10.6 Å². The van der Waals surface area contributed by atoms with E-state index in [1.165, 1.54) is 6.08 Å². The number of methoxy groups -OCH3 is 5. The van der Waals surface area contributed by atoms with Crippen molar-refractivity contribution in [3.63, 3.8) is 0 Å². The molecular formula is C32H41KN2O6. The van der Waals surface area contributed by atoms with Crippen molar-refractivity contribution in [1.82, 2.24) is 5.32 Å². The molecule has 0 unspecified atom stereocenters. The molecule has 216 valence electrons. The second-order valence-electron chi connectivity index (χ2n) is 8.60. The van der Waals surface area contributed by atoms with E-state index >= 15 is 0 Å². The number of hydrogen-bond donors (Lipinski definition) is 1. The summed E-state index contributed by atoms with van der Waals surface area (Å²) in [6, 6.07) is 9.46. The Labute approximate surface area is 287 Å². The number of rotatable bonds is 18. The first kappa shape index (κ1) is 36.3. The van der Waals surface area contributed by atoms with Crippen molar-refractivity contribution in [3.05, 3.63) is 83.4 Å². The van der Waals surface area contributed by atoms with Gasteiger partial charge in [-0.15, -0.1) is 6.54 Å². The van der Waals surface area contributed by atoms with Gasteiger partial charge in [0.15, 0.2) is 23.0 Å². The van der Waals surface area contributed by atoms with Gasteiger partial charge in [-0.1, -0.05) is 61.8 Å². The molecule has 0 radical (unpaired) electrons. The Morgan fingerprint density at radius 2 is 1.32 bits per heavy atom. The fourth-order valence-corrected chi connectivity index (χ4v) is 3.77. The van der Waals surface area contributed by atoms with Gasteiger partial charge >= 0.3 is 51.4 Å². The molecule has 0 spiro atoms. The van der Waals surface area contributed by atoms with Gasteiger partial charge in [0.25, 0.3) is 0 Å². The molecule has 0 aliphatic carbocycles. The molecule has 0 fully saturated rings. The van der Waals surface area contributed by atoms with Crippen LogP contribution in [-0.4, -0.2) is 54.5 Å². The molecule has 0 aromatic heterocycles. The molecule has 0 atom stereocenters. The summed E-state index contributed by atoms with van der Waals surface area (Å²) in [5.74, 6) is 2.99. The van der Waals surface area contributed by atoms with Crippen molar-refractivity contribution < 1.29 is 79.9 Å². The Bertz CT molecular complexity index is 1150. The molecule has 2 aromatic carbocycles. The molecule has 41 heavy (non-hydrogen) atoms. The van der Waals surface area contributed by atoms with Gasteiger partial charge in [0, 0.05) is 12.6 Å². The first-order chi connectivity index (χ1) is 19.6. The van der Waals surface area contributed by atoms with Gasteiger partial charge in [0.05, 0.1) is 35.5 Å². The van der Waals surface area contributed by atoms with Crippen molar-refractivity contribution in [2.24, 2.45) is 0 Å². The smallest absolute Gasteiger partial charge is 0.691 e. The molecular weight excluding hydrogens is 547 g/mol. The van der Waals surface area contributed by atoms with E-state index < -0.39 is 0 Å². The topological polar surface area (TPSA) is 89.4 Å². The predicted molar refractivity (Wildman–Crippen MR) is 162 cm³/mol. The molecule has 2 aromatic rings. The van der Waals surface area contributed by atoms with Crippen LogP contribution in [0, 0.1) is 0 Å². The zero-order valence-electron chi connectivity index (χ0n) is 25.1. The summed E-state index contributed by atoms with van der Waals surface area (Å²) in [4.78, 5) is 12.0. The normalized spacial score (nSPS) is 11.1. The third-order valence-corrected chi connectivity index (χ3v) is 5.85. The van der Waals surface area contributed by atoms with Crippen LogP contribution in [0.5, 0.6) is 28.7 Å². The zero-order valence-corrected chi connectivity index (χ0v) is 28.3. The Kier molecular flexibility index (Phi) is 19.5. The summed E-state index contributed by atoms with van der Waals surface area (Å²) in [6.07, 6.45) is 18.6. The number of nitrogens with one attached hydrogen (secondary N) is 1. The number of ether oxygens (including phenoxy) is 5. The summed E-state index contributed by atoms with van der Waals surface area (Å²) in [7, 11) is 7.96. The minimum Gasteiger partial charge on any atom is -0.691 e. The van der Waals surface area contributed by atoms with Crippen molar-refractivity contribution in [2.75, 3.05) is 48.6 Å². The minimum atomic E-state index is -0.115. The van der Waals surface area contributed by atoms with Crippen molar-refractivity contribution in [1.29, 1.82) is 0 Å². The van der Waals surface area contributed by atoms with Crippen LogP contribution in [0.15, 0.2) is 66.9 Å². The second kappa shape index (κ2) is 22.0. The maximum absolute atomic E-state index is 12.0. The summed E-state index contributed by atoms with van der Waals surface area (Å²) in [5.41, 5.74) is 1.89. The third-order valence-electron chi connectivity index (χ3n) is 5.85. The third kappa shape index (κ3) is 13.7. The Morgan fingerprint density at radius 1 is 0.707 bits per heavy atom. The fourth-order valence-electron chi connectivity index (χ4n) is 3.77. The maximum Gasteiger partial charge on any atom is 1.00 e. The van der Waals surface area contributed by atoms with E-state index in [1.54, 1.807) is 47.7 Å². The zero-order chi connectivity index (χ0) is 29.0. The first-order valence-corrected chi connectivity index (χ1v) is 13.2. The van der Waals surface area contributed by atoms with Gasteiger partial charge in [0.2, 0.25) is 11.7 Å². The van der Waals surface area contributed by atoms with E-state index in [1.807, 2.05) is 60.8 Å². The summed E-state index contributed by atoms with van der Waals surface area (Å²) in [5, 5.41) is 7.33. The minimum absolute atomic E-state index is 0. The molecule has 1 N–H and O–H groups in total. The fraction of sp³-hybridized carbons (Fsp3) is 0.344.